The Bertz CT molecular complexity index is 236. The molecule has 0 aromatic heterocycles. The first kappa shape index (κ1) is 11.2. The molecule has 1 saturated carbocycles. The summed E-state index contributed by atoms with van der Waals surface area (Å²) in [4.78, 5) is 14.8. The van der Waals surface area contributed by atoms with E-state index in [2.05, 4.69) is 4.99 Å². The largest absolute Gasteiger partial charge is 0.442 e. The number of aliphatic hydroxyl groups is 1. The molecule has 0 unspecified atom stereocenters. The standard InChI is InChI=1S/C10H17NO3/c1-10(2,3)14-9(13)11-6-7-4-8(12)5-7/h6-8,12H,4-5H2,1-3H3. The van der Waals surface area contributed by atoms with Gasteiger partial charge in [-0.2, -0.15) is 4.99 Å². The fourth-order valence-corrected chi connectivity index (χ4v) is 1.21. The lowest BCUT2D eigenvalue weighted by Gasteiger charge is -2.27. The second-order valence-corrected chi connectivity index (χ2v) is 4.64. The van der Waals surface area contributed by atoms with Crippen molar-refractivity contribution in [2.75, 3.05) is 0 Å². The van der Waals surface area contributed by atoms with Crippen LogP contribution in [0.3, 0.4) is 0 Å². The van der Waals surface area contributed by atoms with Gasteiger partial charge in [0.05, 0.1) is 6.10 Å². The van der Waals surface area contributed by atoms with E-state index in [4.69, 9.17) is 9.84 Å². The Hall–Kier alpha value is -0.900. The summed E-state index contributed by atoms with van der Waals surface area (Å²) in [6, 6.07) is 0. The molecule has 0 saturated heterocycles. The average molecular weight is 199 g/mol. The SMILES string of the molecule is CC(C)(C)OC(=O)N=CC1CC(O)C1. The third-order valence-corrected chi connectivity index (χ3v) is 1.93. The Morgan fingerprint density at radius 1 is 1.50 bits per heavy atom. The van der Waals surface area contributed by atoms with E-state index in [0.717, 1.165) is 0 Å². The lowest BCUT2D eigenvalue weighted by molar-refractivity contribution is 0.0587. The summed E-state index contributed by atoms with van der Waals surface area (Å²) >= 11 is 0. The zero-order chi connectivity index (χ0) is 10.8. The maximum absolute atomic E-state index is 11.1. The molecule has 0 aliphatic heterocycles. The van der Waals surface area contributed by atoms with Crippen molar-refractivity contribution >= 4 is 12.3 Å². The zero-order valence-corrected chi connectivity index (χ0v) is 8.86. The minimum absolute atomic E-state index is 0.218. The molecule has 0 heterocycles. The molecule has 0 radical (unpaired) electrons. The van der Waals surface area contributed by atoms with Crippen LogP contribution in [0.2, 0.25) is 0 Å². The van der Waals surface area contributed by atoms with Crippen molar-refractivity contribution in [3.63, 3.8) is 0 Å². The van der Waals surface area contributed by atoms with Crippen LogP contribution in [0.5, 0.6) is 0 Å². The minimum atomic E-state index is -0.557. The molecule has 1 fully saturated rings. The normalized spacial score (nSPS) is 27.4. The van der Waals surface area contributed by atoms with Crippen LogP contribution in [-0.2, 0) is 4.74 Å². The highest BCUT2D eigenvalue weighted by Crippen LogP contribution is 2.25. The zero-order valence-electron chi connectivity index (χ0n) is 8.86. The summed E-state index contributed by atoms with van der Waals surface area (Å²) < 4.78 is 4.98. The number of hydrogen-bond acceptors (Lipinski definition) is 3. The second-order valence-electron chi connectivity index (χ2n) is 4.64. The first-order valence-electron chi connectivity index (χ1n) is 4.82. The van der Waals surface area contributed by atoms with Gasteiger partial charge in [0.25, 0.3) is 0 Å². The summed E-state index contributed by atoms with van der Waals surface area (Å²) in [6.45, 7) is 5.40. The van der Waals surface area contributed by atoms with Crippen LogP contribution in [0.25, 0.3) is 0 Å². The lowest BCUT2D eigenvalue weighted by atomic mass is 9.83. The van der Waals surface area contributed by atoms with Gasteiger partial charge in [-0.25, -0.2) is 4.79 Å². The van der Waals surface area contributed by atoms with E-state index < -0.39 is 11.7 Å². The van der Waals surface area contributed by atoms with Crippen LogP contribution in [0.1, 0.15) is 33.6 Å². The van der Waals surface area contributed by atoms with E-state index in [1.165, 1.54) is 0 Å². The van der Waals surface area contributed by atoms with Crippen molar-refractivity contribution in [1.29, 1.82) is 0 Å². The first-order chi connectivity index (χ1) is 6.37. The molecule has 1 aliphatic rings. The van der Waals surface area contributed by atoms with Crippen LogP contribution in [-0.4, -0.2) is 29.1 Å². The molecule has 4 nitrogen and oxygen atoms in total. The fourth-order valence-electron chi connectivity index (χ4n) is 1.21. The predicted octanol–water partition coefficient (Wildman–Crippen LogP) is 1.76. The van der Waals surface area contributed by atoms with Gasteiger partial charge >= 0.3 is 6.09 Å². The highest BCUT2D eigenvalue weighted by molar-refractivity contribution is 5.80. The number of nitrogens with zero attached hydrogens (tertiary/aromatic N) is 1. The van der Waals surface area contributed by atoms with Crippen molar-refractivity contribution in [2.24, 2.45) is 10.9 Å². The smallest absolute Gasteiger partial charge is 0.433 e. The van der Waals surface area contributed by atoms with E-state index in [-0.39, 0.29) is 12.0 Å². The first-order valence-corrected chi connectivity index (χ1v) is 4.82. The molecule has 4 heteroatoms. The number of ether oxygens (including phenoxy) is 1. The van der Waals surface area contributed by atoms with Crippen LogP contribution in [0.15, 0.2) is 4.99 Å². The van der Waals surface area contributed by atoms with Gasteiger partial charge in [0.2, 0.25) is 0 Å². The Labute approximate surface area is 84.0 Å². The average Bonchev–Trinajstić information content (AvgIpc) is 1.92. The number of carbonyl (C=O) groups excluding carboxylic acids is 1. The molecule has 14 heavy (non-hydrogen) atoms. The Morgan fingerprint density at radius 2 is 2.07 bits per heavy atom. The lowest BCUT2D eigenvalue weighted by Crippen LogP contribution is -2.29. The number of aliphatic imine (C=N–C) groups is 1. The molecule has 0 bridgehead atoms. The van der Waals surface area contributed by atoms with Gasteiger partial charge in [-0.3, -0.25) is 0 Å². The Balaban J connectivity index is 2.27. The molecule has 1 N–H and O–H groups in total. The van der Waals surface area contributed by atoms with Gasteiger partial charge in [-0.1, -0.05) is 0 Å². The molecule has 80 valence electrons. The second kappa shape index (κ2) is 4.09. The van der Waals surface area contributed by atoms with Crippen LogP contribution < -0.4 is 0 Å². The monoisotopic (exact) mass is 199 g/mol. The highest BCUT2D eigenvalue weighted by atomic mass is 16.6. The molecule has 1 aliphatic carbocycles. The van der Waals surface area contributed by atoms with Gasteiger partial charge in [-0.15, -0.1) is 0 Å². The van der Waals surface area contributed by atoms with E-state index in [1.807, 2.05) is 0 Å². The molecule has 0 aromatic carbocycles. The van der Waals surface area contributed by atoms with E-state index in [9.17, 15) is 4.79 Å². The van der Waals surface area contributed by atoms with Crippen LogP contribution >= 0.6 is 0 Å². The molecule has 0 spiro atoms. The summed E-state index contributed by atoms with van der Waals surface area (Å²) in [6.07, 6.45) is 2.20. The number of hydrogen-bond donors (Lipinski definition) is 1. The van der Waals surface area contributed by atoms with E-state index in [1.54, 1.807) is 27.0 Å². The molecule has 1 rings (SSSR count). The Morgan fingerprint density at radius 3 is 2.50 bits per heavy atom. The summed E-state index contributed by atoms with van der Waals surface area (Å²) in [5.74, 6) is 0.234. The molecule has 0 atom stereocenters. The molecular formula is C10H17NO3. The van der Waals surface area contributed by atoms with Crippen molar-refractivity contribution in [3.8, 4) is 0 Å². The number of aliphatic hydroxyl groups excluding tert-OH is 1. The van der Waals surface area contributed by atoms with Crippen LogP contribution in [0, 0.1) is 5.92 Å². The topological polar surface area (TPSA) is 58.9 Å². The van der Waals surface area contributed by atoms with Crippen molar-refractivity contribution in [1.82, 2.24) is 0 Å². The van der Waals surface area contributed by atoms with E-state index >= 15 is 0 Å². The fraction of sp³-hybridized carbons (Fsp3) is 0.800. The van der Waals surface area contributed by atoms with Crippen LogP contribution in [0.4, 0.5) is 4.79 Å². The summed E-state index contributed by atoms with van der Waals surface area (Å²) in [5.41, 5.74) is -0.493. The van der Waals surface area contributed by atoms with Crippen molar-refractivity contribution in [2.45, 2.75) is 45.3 Å². The quantitative estimate of drug-likeness (QED) is 0.655. The maximum Gasteiger partial charge on any atom is 0.433 e. The minimum Gasteiger partial charge on any atom is -0.442 e. The third kappa shape index (κ3) is 3.87. The van der Waals surface area contributed by atoms with E-state index in [0.29, 0.717) is 12.8 Å². The van der Waals surface area contributed by atoms with Gasteiger partial charge in [-0.05, 0) is 39.5 Å². The van der Waals surface area contributed by atoms with Crippen molar-refractivity contribution < 1.29 is 14.6 Å². The molecule has 1 amide bonds. The third-order valence-electron chi connectivity index (χ3n) is 1.93. The van der Waals surface area contributed by atoms with Crippen molar-refractivity contribution in [3.05, 3.63) is 0 Å². The number of carbonyl (C=O) groups is 1. The predicted molar refractivity (Wildman–Crippen MR) is 53.5 cm³/mol. The Kier molecular flexibility index (Phi) is 3.26. The van der Waals surface area contributed by atoms with Gasteiger partial charge < -0.3 is 9.84 Å². The number of amides is 1. The molecular weight excluding hydrogens is 182 g/mol. The van der Waals surface area contributed by atoms with Gasteiger partial charge in [0.1, 0.15) is 5.60 Å². The van der Waals surface area contributed by atoms with Gasteiger partial charge in [0, 0.05) is 6.21 Å². The van der Waals surface area contributed by atoms with Gasteiger partial charge in [0.15, 0.2) is 0 Å². The molecule has 0 aromatic rings. The summed E-state index contributed by atoms with van der Waals surface area (Å²) in [7, 11) is 0. The highest BCUT2D eigenvalue weighted by Gasteiger charge is 2.25. The maximum atomic E-state index is 11.1. The summed E-state index contributed by atoms with van der Waals surface area (Å²) in [5, 5.41) is 8.99. The number of rotatable bonds is 1.